The predicted molar refractivity (Wildman–Crippen MR) is 119 cm³/mol. The SMILES string of the molecule is Cc1cccn2nc(C3c4nc[nH]c4CCN3C(=O)c3oc(-c4cncn4C)nc3C(F)F)cc12. The number of amides is 1. The van der Waals surface area contributed by atoms with Crippen molar-refractivity contribution < 1.29 is 18.0 Å². The van der Waals surface area contributed by atoms with E-state index in [0.29, 0.717) is 23.5 Å². The predicted octanol–water partition coefficient (Wildman–Crippen LogP) is 3.48. The van der Waals surface area contributed by atoms with Gasteiger partial charge in [0.25, 0.3) is 12.3 Å². The summed E-state index contributed by atoms with van der Waals surface area (Å²) >= 11 is 0. The second-order valence-corrected chi connectivity index (χ2v) is 8.43. The maximum Gasteiger partial charge on any atom is 0.292 e. The molecule has 0 aromatic carbocycles. The minimum Gasteiger partial charge on any atom is -0.429 e. The molecule has 0 fully saturated rings. The zero-order valence-corrected chi connectivity index (χ0v) is 18.8. The van der Waals surface area contributed by atoms with Crippen LogP contribution in [0.5, 0.6) is 0 Å². The van der Waals surface area contributed by atoms with E-state index in [2.05, 4.69) is 25.0 Å². The van der Waals surface area contributed by atoms with Crippen molar-refractivity contribution in [1.82, 2.24) is 39.0 Å². The first kappa shape index (κ1) is 21.2. The van der Waals surface area contributed by atoms with Crippen molar-refractivity contribution in [3.63, 3.8) is 0 Å². The molecule has 1 aliphatic heterocycles. The molecule has 6 rings (SSSR count). The lowest BCUT2D eigenvalue weighted by molar-refractivity contribution is 0.0640. The summed E-state index contributed by atoms with van der Waals surface area (Å²) in [7, 11) is 1.68. The zero-order valence-electron chi connectivity index (χ0n) is 18.8. The number of alkyl halides is 2. The van der Waals surface area contributed by atoms with E-state index in [9.17, 15) is 13.6 Å². The van der Waals surface area contributed by atoms with Gasteiger partial charge < -0.3 is 18.9 Å². The maximum absolute atomic E-state index is 14.0. The van der Waals surface area contributed by atoms with Gasteiger partial charge in [-0.05, 0) is 24.6 Å². The lowest BCUT2D eigenvalue weighted by Crippen LogP contribution is -2.41. The molecule has 0 saturated heterocycles. The lowest BCUT2D eigenvalue weighted by Gasteiger charge is -2.33. The number of rotatable bonds is 4. The highest BCUT2D eigenvalue weighted by Gasteiger charge is 2.40. The molecule has 1 unspecified atom stereocenters. The highest BCUT2D eigenvalue weighted by molar-refractivity contribution is 5.93. The van der Waals surface area contributed by atoms with Crippen LogP contribution in [0, 0.1) is 6.92 Å². The van der Waals surface area contributed by atoms with Crippen LogP contribution >= 0.6 is 0 Å². The molecule has 0 radical (unpaired) electrons. The molecule has 0 aliphatic carbocycles. The van der Waals surface area contributed by atoms with E-state index >= 15 is 0 Å². The minimum atomic E-state index is -3.00. The van der Waals surface area contributed by atoms with Gasteiger partial charge in [0.1, 0.15) is 11.7 Å². The van der Waals surface area contributed by atoms with Crippen molar-refractivity contribution >= 4 is 11.4 Å². The quantitative estimate of drug-likeness (QED) is 0.424. The van der Waals surface area contributed by atoms with E-state index in [1.165, 1.54) is 17.4 Å². The first-order valence-electron chi connectivity index (χ1n) is 11.0. The summed E-state index contributed by atoms with van der Waals surface area (Å²) in [6, 6.07) is 5.05. The van der Waals surface area contributed by atoms with Gasteiger partial charge in [-0.3, -0.25) is 4.79 Å². The first-order chi connectivity index (χ1) is 16.9. The van der Waals surface area contributed by atoms with Crippen LogP contribution in [0.4, 0.5) is 8.78 Å². The molecule has 1 atom stereocenters. The number of hydrogen-bond acceptors (Lipinski definition) is 6. The van der Waals surface area contributed by atoms with Crippen LogP contribution in [0.1, 0.15) is 51.4 Å². The van der Waals surface area contributed by atoms with Gasteiger partial charge in [-0.15, -0.1) is 0 Å². The second kappa shape index (κ2) is 7.86. The van der Waals surface area contributed by atoms with E-state index in [1.54, 1.807) is 22.5 Å². The fourth-order valence-electron chi connectivity index (χ4n) is 4.54. The van der Waals surface area contributed by atoms with Crippen molar-refractivity contribution in [1.29, 1.82) is 0 Å². The number of aromatic amines is 1. The molecule has 178 valence electrons. The van der Waals surface area contributed by atoms with Crippen LogP contribution < -0.4 is 0 Å². The van der Waals surface area contributed by atoms with E-state index < -0.39 is 29.8 Å². The zero-order chi connectivity index (χ0) is 24.3. The maximum atomic E-state index is 14.0. The minimum absolute atomic E-state index is 0.0963. The summed E-state index contributed by atoms with van der Waals surface area (Å²) in [5.74, 6) is -1.30. The number of halogens is 2. The molecule has 0 bridgehead atoms. The summed E-state index contributed by atoms with van der Waals surface area (Å²) in [6.07, 6.45) is 3.80. The molecule has 5 aromatic heterocycles. The molecular weight excluding hydrogens is 458 g/mol. The van der Waals surface area contributed by atoms with Crippen LogP contribution in [-0.2, 0) is 13.5 Å². The summed E-state index contributed by atoms with van der Waals surface area (Å²) in [5, 5.41) is 4.68. The Morgan fingerprint density at radius 2 is 2.20 bits per heavy atom. The number of oxazole rings is 1. The number of pyridine rings is 1. The third-order valence-corrected chi connectivity index (χ3v) is 6.29. The van der Waals surface area contributed by atoms with Gasteiger partial charge in [-0.25, -0.2) is 28.2 Å². The fourth-order valence-corrected chi connectivity index (χ4v) is 4.54. The largest absolute Gasteiger partial charge is 0.429 e. The molecule has 5 aromatic rings. The average molecular weight is 478 g/mol. The Hall–Kier alpha value is -4.35. The third kappa shape index (κ3) is 3.32. The number of aryl methyl sites for hydroxylation is 2. The molecule has 6 heterocycles. The molecule has 0 saturated carbocycles. The summed E-state index contributed by atoms with van der Waals surface area (Å²) in [4.78, 5) is 30.7. The van der Waals surface area contributed by atoms with Crippen LogP contribution in [0.3, 0.4) is 0 Å². The van der Waals surface area contributed by atoms with Crippen molar-refractivity contribution in [2.45, 2.75) is 25.8 Å². The monoisotopic (exact) mass is 478 g/mol. The number of aromatic nitrogens is 7. The number of imidazole rings is 2. The normalized spacial score (nSPS) is 15.8. The Morgan fingerprint density at radius 3 is 2.94 bits per heavy atom. The molecule has 1 amide bonds. The third-order valence-electron chi connectivity index (χ3n) is 6.29. The van der Waals surface area contributed by atoms with E-state index in [0.717, 1.165) is 16.8 Å². The summed E-state index contributed by atoms with van der Waals surface area (Å²) in [5.41, 5.74) is 3.63. The van der Waals surface area contributed by atoms with Gasteiger partial charge in [-0.2, -0.15) is 5.10 Å². The topological polar surface area (TPSA) is 110 Å². The summed E-state index contributed by atoms with van der Waals surface area (Å²) < 4.78 is 36.9. The van der Waals surface area contributed by atoms with Gasteiger partial charge in [0.15, 0.2) is 5.69 Å². The lowest BCUT2D eigenvalue weighted by atomic mass is 9.99. The van der Waals surface area contributed by atoms with E-state index in [4.69, 9.17) is 4.42 Å². The van der Waals surface area contributed by atoms with Gasteiger partial charge in [0, 0.05) is 31.9 Å². The van der Waals surface area contributed by atoms with Crippen molar-refractivity contribution in [3.8, 4) is 11.6 Å². The van der Waals surface area contributed by atoms with Crippen molar-refractivity contribution in [2.24, 2.45) is 7.05 Å². The van der Waals surface area contributed by atoms with Crippen LogP contribution in [0.25, 0.3) is 17.1 Å². The van der Waals surface area contributed by atoms with E-state index in [-0.39, 0.29) is 12.4 Å². The van der Waals surface area contributed by atoms with Gasteiger partial charge in [0.05, 0.1) is 35.8 Å². The molecule has 12 heteroatoms. The Kier molecular flexibility index (Phi) is 4.76. The molecule has 0 spiro atoms. The standard InChI is InChI=1S/C23H20F2N8O2/c1-12-4-3-6-33-15(12)8-14(30-33)19-17-13(27-10-28-17)5-7-32(19)23(34)20-18(21(24)25)29-22(35-20)16-9-26-11-31(16)2/h3-4,6,8-11,19,21H,5,7H2,1-2H3,(H,27,28). The molecule has 1 aliphatic rings. The molecule has 1 N–H and O–H groups in total. The number of carbonyl (C=O) groups is 1. The van der Waals surface area contributed by atoms with Gasteiger partial charge in [0.2, 0.25) is 11.7 Å². The van der Waals surface area contributed by atoms with E-state index in [1.807, 2.05) is 31.3 Å². The first-order valence-corrected chi connectivity index (χ1v) is 11.0. The van der Waals surface area contributed by atoms with Gasteiger partial charge >= 0.3 is 0 Å². The Bertz CT molecular complexity index is 1560. The Labute approximate surface area is 197 Å². The number of fused-ring (bicyclic) bond motifs is 2. The number of H-pyrrole nitrogens is 1. The Balaban J connectivity index is 1.47. The Morgan fingerprint density at radius 1 is 1.34 bits per heavy atom. The van der Waals surface area contributed by atoms with Crippen molar-refractivity contribution in [2.75, 3.05) is 6.54 Å². The number of hydrogen-bond donors (Lipinski definition) is 1. The van der Waals surface area contributed by atoms with Crippen LogP contribution in [-0.4, -0.2) is 51.5 Å². The number of nitrogens with zero attached hydrogens (tertiary/aromatic N) is 7. The fraction of sp³-hybridized carbons (Fsp3) is 0.261. The second-order valence-electron chi connectivity index (χ2n) is 8.43. The van der Waals surface area contributed by atoms with Crippen molar-refractivity contribution in [3.05, 3.63) is 77.3 Å². The summed E-state index contributed by atoms with van der Waals surface area (Å²) in [6.45, 7) is 2.23. The molecular formula is C23H20F2N8O2. The van der Waals surface area contributed by atoms with Gasteiger partial charge in [-0.1, -0.05) is 6.07 Å². The highest BCUT2D eigenvalue weighted by atomic mass is 19.3. The smallest absolute Gasteiger partial charge is 0.292 e. The van der Waals surface area contributed by atoms with Crippen LogP contribution in [0.15, 0.2) is 47.7 Å². The molecule has 10 nitrogen and oxygen atoms in total. The number of nitrogens with one attached hydrogen (secondary N) is 1. The highest BCUT2D eigenvalue weighted by Crippen LogP contribution is 2.37. The molecule has 35 heavy (non-hydrogen) atoms. The average Bonchev–Trinajstić information content (AvgIpc) is 3.62. The van der Waals surface area contributed by atoms with Crippen LogP contribution in [0.2, 0.25) is 0 Å². The number of carbonyl (C=O) groups excluding carboxylic acids is 1.